The molecule has 0 spiro atoms. The Kier molecular flexibility index (Phi) is 4.57. The van der Waals surface area contributed by atoms with Crippen LogP contribution in [0, 0.1) is 13.8 Å². The van der Waals surface area contributed by atoms with Gasteiger partial charge < -0.3 is 0 Å². The van der Waals surface area contributed by atoms with Crippen LogP contribution in [0.2, 0.25) is 0 Å². The van der Waals surface area contributed by atoms with Crippen molar-refractivity contribution in [3.8, 4) is 10.4 Å². The summed E-state index contributed by atoms with van der Waals surface area (Å²) in [4.78, 5) is 8.11. The molecule has 0 fully saturated rings. The van der Waals surface area contributed by atoms with E-state index in [0.29, 0.717) is 16.9 Å². The molecule has 25 heavy (non-hydrogen) atoms. The van der Waals surface area contributed by atoms with Crippen LogP contribution in [-0.2, 0) is 6.18 Å². The second-order valence-corrected chi connectivity index (χ2v) is 6.91. The number of hydrogen-bond donors (Lipinski definition) is 0. The zero-order valence-electron chi connectivity index (χ0n) is 14.5. The van der Waals surface area contributed by atoms with Gasteiger partial charge in [0.25, 0.3) is 0 Å². The normalized spacial score (nSPS) is 12.5. The molecule has 0 saturated carbocycles. The summed E-state index contributed by atoms with van der Waals surface area (Å²) in [6.07, 6.45) is -2.65. The molecule has 0 aliphatic rings. The van der Waals surface area contributed by atoms with E-state index in [2.05, 4.69) is 28.9 Å². The zero-order chi connectivity index (χ0) is 18.4. The third-order valence-electron chi connectivity index (χ3n) is 4.39. The molecule has 0 atom stereocenters. The first kappa shape index (κ1) is 17.8. The van der Waals surface area contributed by atoms with Crippen molar-refractivity contribution in [3.05, 3.63) is 34.4 Å². The SMILES string of the molecule is CCC(CC)c1cc(C)nc2c(-c3scnc3C(F)(F)F)c(C)nn12. The minimum atomic E-state index is -4.50. The van der Waals surface area contributed by atoms with Crippen LogP contribution in [0.3, 0.4) is 0 Å². The lowest BCUT2D eigenvalue weighted by atomic mass is 9.98. The molecule has 0 aliphatic carbocycles. The van der Waals surface area contributed by atoms with Crippen LogP contribution in [-0.4, -0.2) is 19.6 Å². The first-order valence-electron chi connectivity index (χ1n) is 8.15. The van der Waals surface area contributed by atoms with Crippen LogP contribution in [0.15, 0.2) is 11.6 Å². The Morgan fingerprint density at radius 1 is 1.20 bits per heavy atom. The fraction of sp³-hybridized carbons (Fsp3) is 0.471. The number of nitrogens with zero attached hydrogens (tertiary/aromatic N) is 4. The third-order valence-corrected chi connectivity index (χ3v) is 5.23. The number of alkyl halides is 3. The van der Waals surface area contributed by atoms with E-state index in [1.54, 1.807) is 11.4 Å². The maximum absolute atomic E-state index is 13.3. The molecule has 134 valence electrons. The van der Waals surface area contributed by atoms with Crippen molar-refractivity contribution >= 4 is 17.0 Å². The van der Waals surface area contributed by atoms with E-state index >= 15 is 0 Å². The Morgan fingerprint density at radius 2 is 1.88 bits per heavy atom. The quantitative estimate of drug-likeness (QED) is 0.620. The molecule has 3 aromatic rings. The lowest BCUT2D eigenvalue weighted by Gasteiger charge is -2.15. The molecular formula is C17H19F3N4S. The van der Waals surface area contributed by atoms with E-state index in [1.165, 1.54) is 5.51 Å². The Hall–Kier alpha value is -1.96. The van der Waals surface area contributed by atoms with E-state index in [4.69, 9.17) is 0 Å². The molecule has 0 unspecified atom stereocenters. The molecule has 8 heteroatoms. The summed E-state index contributed by atoms with van der Waals surface area (Å²) < 4.78 is 41.6. The monoisotopic (exact) mass is 368 g/mol. The largest absolute Gasteiger partial charge is 0.434 e. The van der Waals surface area contributed by atoms with Crippen molar-refractivity contribution < 1.29 is 13.2 Å². The van der Waals surface area contributed by atoms with Gasteiger partial charge in [0.2, 0.25) is 0 Å². The van der Waals surface area contributed by atoms with Crippen LogP contribution in [0.1, 0.15) is 55.4 Å². The van der Waals surface area contributed by atoms with Gasteiger partial charge >= 0.3 is 6.18 Å². The van der Waals surface area contributed by atoms with Gasteiger partial charge in [-0.15, -0.1) is 11.3 Å². The smallest absolute Gasteiger partial charge is 0.240 e. The molecule has 0 amide bonds. The number of halogens is 3. The third kappa shape index (κ3) is 3.03. The summed E-state index contributed by atoms with van der Waals surface area (Å²) in [5.41, 5.74) is 3.52. The molecule has 3 aromatic heterocycles. The second-order valence-electron chi connectivity index (χ2n) is 6.06. The first-order valence-corrected chi connectivity index (χ1v) is 9.03. The maximum Gasteiger partial charge on any atom is 0.434 e. The molecule has 0 aliphatic heterocycles. The Morgan fingerprint density at radius 3 is 2.48 bits per heavy atom. The highest BCUT2D eigenvalue weighted by Crippen LogP contribution is 2.41. The van der Waals surface area contributed by atoms with Gasteiger partial charge in [-0.3, -0.25) is 0 Å². The summed E-state index contributed by atoms with van der Waals surface area (Å²) in [6.45, 7) is 7.77. The Labute approximate surface area is 147 Å². The molecule has 0 aromatic carbocycles. The topological polar surface area (TPSA) is 43.1 Å². The van der Waals surface area contributed by atoms with Crippen molar-refractivity contribution in [3.63, 3.8) is 0 Å². The van der Waals surface area contributed by atoms with Gasteiger partial charge in [-0.1, -0.05) is 13.8 Å². The molecule has 3 heterocycles. The van der Waals surface area contributed by atoms with Gasteiger partial charge in [0, 0.05) is 17.3 Å². The van der Waals surface area contributed by atoms with E-state index in [9.17, 15) is 13.2 Å². The van der Waals surface area contributed by atoms with E-state index < -0.39 is 11.9 Å². The van der Waals surface area contributed by atoms with Crippen molar-refractivity contribution in [2.45, 2.75) is 52.6 Å². The fourth-order valence-corrected chi connectivity index (χ4v) is 4.06. The molecule has 3 rings (SSSR count). The second kappa shape index (κ2) is 6.40. The standard InChI is InChI=1S/C17H19F3N4S/c1-5-11(6-2)12-7-9(3)22-16-13(10(4)23-24(12)16)14-15(17(18,19)20)21-8-25-14/h7-8,11H,5-6H2,1-4H3. The van der Waals surface area contributed by atoms with Gasteiger partial charge in [0.05, 0.1) is 21.6 Å². The summed E-state index contributed by atoms with van der Waals surface area (Å²) in [5, 5.41) is 4.52. The molecule has 0 bridgehead atoms. The van der Waals surface area contributed by atoms with E-state index in [1.807, 2.05) is 13.0 Å². The Bertz CT molecular complexity index is 907. The van der Waals surface area contributed by atoms with Gasteiger partial charge in [-0.05, 0) is 32.8 Å². The van der Waals surface area contributed by atoms with Gasteiger partial charge in [-0.25, -0.2) is 14.5 Å². The zero-order valence-corrected chi connectivity index (χ0v) is 15.3. The minimum absolute atomic E-state index is 0.0774. The van der Waals surface area contributed by atoms with Gasteiger partial charge in [-0.2, -0.15) is 18.3 Å². The lowest BCUT2D eigenvalue weighted by Crippen LogP contribution is -2.08. The molecule has 0 radical (unpaired) electrons. The lowest BCUT2D eigenvalue weighted by molar-refractivity contribution is -0.140. The first-order chi connectivity index (χ1) is 11.8. The molecular weight excluding hydrogens is 349 g/mol. The number of hydrogen-bond acceptors (Lipinski definition) is 4. The predicted molar refractivity (Wildman–Crippen MR) is 91.9 cm³/mol. The minimum Gasteiger partial charge on any atom is -0.240 e. The highest BCUT2D eigenvalue weighted by atomic mass is 32.1. The van der Waals surface area contributed by atoms with Crippen LogP contribution in [0.25, 0.3) is 16.1 Å². The summed E-state index contributed by atoms with van der Waals surface area (Å²) >= 11 is 0.970. The highest BCUT2D eigenvalue weighted by molar-refractivity contribution is 7.13. The van der Waals surface area contributed by atoms with E-state index in [0.717, 1.165) is 35.6 Å². The van der Waals surface area contributed by atoms with Gasteiger partial charge in [0.1, 0.15) is 0 Å². The predicted octanol–water partition coefficient (Wildman–Crippen LogP) is 5.39. The van der Waals surface area contributed by atoms with Crippen LogP contribution in [0.4, 0.5) is 13.2 Å². The Balaban J connectivity index is 2.32. The fourth-order valence-electron chi connectivity index (χ4n) is 3.16. The van der Waals surface area contributed by atoms with Crippen LogP contribution >= 0.6 is 11.3 Å². The molecule has 4 nitrogen and oxygen atoms in total. The number of rotatable bonds is 4. The average molecular weight is 368 g/mol. The number of aromatic nitrogens is 4. The van der Waals surface area contributed by atoms with Crippen molar-refractivity contribution in [1.29, 1.82) is 0 Å². The summed E-state index contributed by atoms with van der Waals surface area (Å²) in [6, 6.07) is 1.97. The number of fused-ring (bicyclic) bond motifs is 1. The van der Waals surface area contributed by atoms with E-state index in [-0.39, 0.29) is 10.8 Å². The van der Waals surface area contributed by atoms with Crippen LogP contribution < -0.4 is 0 Å². The number of thiazole rings is 1. The summed E-state index contributed by atoms with van der Waals surface area (Å²) in [7, 11) is 0. The van der Waals surface area contributed by atoms with Crippen molar-refractivity contribution in [1.82, 2.24) is 19.6 Å². The maximum atomic E-state index is 13.3. The molecule has 0 saturated heterocycles. The number of aryl methyl sites for hydroxylation is 2. The molecule has 0 N–H and O–H groups in total. The van der Waals surface area contributed by atoms with Crippen LogP contribution in [0.5, 0.6) is 0 Å². The van der Waals surface area contributed by atoms with Crippen molar-refractivity contribution in [2.24, 2.45) is 0 Å². The van der Waals surface area contributed by atoms with Crippen molar-refractivity contribution in [2.75, 3.05) is 0 Å². The van der Waals surface area contributed by atoms with Gasteiger partial charge in [0.15, 0.2) is 11.3 Å². The average Bonchev–Trinajstić information content (AvgIpc) is 3.11. The summed E-state index contributed by atoms with van der Waals surface area (Å²) in [5.74, 6) is 0.278. The highest BCUT2D eigenvalue weighted by Gasteiger charge is 2.38.